The SMILES string of the molecule is COc1ccc(Cl)cc1-c1nn(C(=N)N)c2c1CCN2. The Morgan fingerprint density at radius 3 is 3.05 bits per heavy atom. The Balaban J connectivity index is 2.23. The first kappa shape index (κ1) is 12.8. The Bertz CT molecular complexity index is 694. The monoisotopic (exact) mass is 291 g/mol. The van der Waals surface area contributed by atoms with Crippen LogP contribution in [0.15, 0.2) is 18.2 Å². The Morgan fingerprint density at radius 2 is 2.35 bits per heavy atom. The highest BCUT2D eigenvalue weighted by atomic mass is 35.5. The van der Waals surface area contributed by atoms with Crippen LogP contribution < -0.4 is 15.8 Å². The van der Waals surface area contributed by atoms with Gasteiger partial charge in [-0.05, 0) is 24.6 Å². The molecular weight excluding hydrogens is 278 g/mol. The lowest BCUT2D eigenvalue weighted by molar-refractivity contribution is 0.416. The second-order valence-electron chi connectivity index (χ2n) is 4.49. The third kappa shape index (κ3) is 1.89. The van der Waals surface area contributed by atoms with Crippen LogP contribution in [0.3, 0.4) is 0 Å². The minimum Gasteiger partial charge on any atom is -0.496 e. The van der Waals surface area contributed by atoms with Gasteiger partial charge in [0.05, 0.1) is 7.11 Å². The number of aromatic nitrogens is 2. The molecule has 0 atom stereocenters. The molecule has 0 fully saturated rings. The van der Waals surface area contributed by atoms with Gasteiger partial charge in [0, 0.05) is 22.7 Å². The Morgan fingerprint density at radius 1 is 1.55 bits per heavy atom. The van der Waals surface area contributed by atoms with Crippen LogP contribution in [0.4, 0.5) is 5.82 Å². The molecule has 1 aliphatic heterocycles. The van der Waals surface area contributed by atoms with Gasteiger partial charge >= 0.3 is 0 Å². The van der Waals surface area contributed by atoms with Crippen molar-refractivity contribution in [2.45, 2.75) is 6.42 Å². The summed E-state index contributed by atoms with van der Waals surface area (Å²) in [5.74, 6) is 1.34. The Hall–Kier alpha value is -2.21. The number of halogens is 1. The second-order valence-corrected chi connectivity index (χ2v) is 4.93. The largest absolute Gasteiger partial charge is 0.496 e. The molecule has 0 bridgehead atoms. The summed E-state index contributed by atoms with van der Waals surface area (Å²) in [4.78, 5) is 0. The maximum atomic E-state index is 7.60. The van der Waals surface area contributed by atoms with Crippen molar-refractivity contribution in [1.82, 2.24) is 9.78 Å². The molecule has 0 aliphatic carbocycles. The third-order valence-corrected chi connectivity index (χ3v) is 3.53. The van der Waals surface area contributed by atoms with Crippen LogP contribution in [0.25, 0.3) is 11.3 Å². The van der Waals surface area contributed by atoms with E-state index in [1.165, 1.54) is 4.68 Å². The van der Waals surface area contributed by atoms with E-state index in [-0.39, 0.29) is 5.96 Å². The van der Waals surface area contributed by atoms with Crippen molar-refractivity contribution in [3.05, 3.63) is 28.8 Å². The van der Waals surface area contributed by atoms with Crippen molar-refractivity contribution in [2.75, 3.05) is 19.0 Å². The van der Waals surface area contributed by atoms with Crippen molar-refractivity contribution in [3.63, 3.8) is 0 Å². The van der Waals surface area contributed by atoms with E-state index in [1.807, 2.05) is 6.07 Å². The average Bonchev–Trinajstić information content (AvgIpc) is 2.99. The van der Waals surface area contributed by atoms with Crippen LogP contribution in [-0.4, -0.2) is 29.4 Å². The number of fused-ring (bicyclic) bond motifs is 1. The molecule has 0 spiro atoms. The van der Waals surface area contributed by atoms with Crippen molar-refractivity contribution >= 4 is 23.4 Å². The Labute approximate surface area is 121 Å². The highest BCUT2D eigenvalue weighted by molar-refractivity contribution is 6.31. The van der Waals surface area contributed by atoms with Gasteiger partial charge < -0.3 is 15.8 Å². The molecule has 0 amide bonds. The number of nitrogens with one attached hydrogen (secondary N) is 2. The van der Waals surface area contributed by atoms with Crippen LogP contribution >= 0.6 is 11.6 Å². The smallest absolute Gasteiger partial charge is 0.215 e. The molecule has 2 aromatic rings. The van der Waals surface area contributed by atoms with Gasteiger partial charge in [-0.25, -0.2) is 0 Å². The first-order chi connectivity index (χ1) is 9.61. The van der Waals surface area contributed by atoms with E-state index in [4.69, 9.17) is 27.5 Å². The minimum atomic E-state index is -0.122. The van der Waals surface area contributed by atoms with Gasteiger partial charge in [-0.15, -0.1) is 0 Å². The number of anilines is 1. The molecule has 104 valence electrons. The Kier molecular flexibility index (Phi) is 3.02. The van der Waals surface area contributed by atoms with Crippen molar-refractivity contribution in [3.8, 4) is 17.0 Å². The van der Waals surface area contributed by atoms with Gasteiger partial charge in [-0.3, -0.25) is 5.41 Å². The fourth-order valence-corrected chi connectivity index (χ4v) is 2.60. The number of methoxy groups -OCH3 is 1. The van der Waals surface area contributed by atoms with Gasteiger partial charge in [0.2, 0.25) is 5.96 Å². The van der Waals surface area contributed by atoms with Crippen molar-refractivity contribution in [2.24, 2.45) is 5.73 Å². The molecule has 0 radical (unpaired) electrons. The summed E-state index contributed by atoms with van der Waals surface area (Å²) in [7, 11) is 1.60. The number of nitrogens with zero attached hydrogens (tertiary/aromatic N) is 2. The predicted octanol–water partition coefficient (Wildman–Crippen LogP) is 1.92. The molecule has 6 nitrogen and oxygen atoms in total. The summed E-state index contributed by atoms with van der Waals surface area (Å²) < 4.78 is 6.77. The summed E-state index contributed by atoms with van der Waals surface area (Å²) in [5.41, 5.74) is 8.15. The molecule has 0 saturated carbocycles. The van der Waals surface area contributed by atoms with E-state index in [0.29, 0.717) is 10.8 Å². The van der Waals surface area contributed by atoms with Crippen LogP contribution in [0.1, 0.15) is 5.56 Å². The summed E-state index contributed by atoms with van der Waals surface area (Å²) >= 11 is 6.07. The second kappa shape index (κ2) is 4.72. The van der Waals surface area contributed by atoms with Gasteiger partial charge in [-0.1, -0.05) is 11.6 Å². The zero-order valence-electron chi connectivity index (χ0n) is 10.9. The number of rotatable bonds is 2. The molecule has 20 heavy (non-hydrogen) atoms. The summed E-state index contributed by atoms with van der Waals surface area (Å²) in [5, 5.41) is 15.8. The quantitative estimate of drug-likeness (QED) is 0.582. The van der Waals surface area contributed by atoms with Gasteiger partial charge in [0.25, 0.3) is 0 Å². The third-order valence-electron chi connectivity index (χ3n) is 3.30. The zero-order chi connectivity index (χ0) is 14.3. The van der Waals surface area contributed by atoms with Crippen LogP contribution in [0.5, 0.6) is 5.75 Å². The van der Waals surface area contributed by atoms with Crippen LogP contribution in [0, 0.1) is 5.41 Å². The maximum Gasteiger partial charge on any atom is 0.215 e. The lowest BCUT2D eigenvalue weighted by atomic mass is 10.1. The lowest BCUT2D eigenvalue weighted by Crippen LogP contribution is -2.23. The number of hydrogen-bond donors (Lipinski definition) is 3. The normalized spacial score (nSPS) is 12.9. The van der Waals surface area contributed by atoms with Crippen LogP contribution in [-0.2, 0) is 6.42 Å². The average molecular weight is 292 g/mol. The van der Waals surface area contributed by atoms with Gasteiger partial charge in [0.1, 0.15) is 17.3 Å². The summed E-state index contributed by atoms with van der Waals surface area (Å²) in [6, 6.07) is 5.38. The topological polar surface area (TPSA) is 89.0 Å². The predicted molar refractivity (Wildman–Crippen MR) is 78.7 cm³/mol. The number of hydrogen-bond acceptors (Lipinski definition) is 4. The van der Waals surface area contributed by atoms with E-state index >= 15 is 0 Å². The molecule has 0 unspecified atom stereocenters. The van der Waals surface area contributed by atoms with E-state index in [0.717, 1.165) is 35.6 Å². The standard InChI is InChI=1S/C13H14ClN5O/c1-20-10-3-2-7(14)6-9(10)11-8-4-5-17-12(8)19(18-11)13(15)16/h2-3,6,17H,4-5H2,1H3,(H3,15,16). The highest BCUT2D eigenvalue weighted by Gasteiger charge is 2.25. The maximum absolute atomic E-state index is 7.60. The number of nitrogens with two attached hydrogens (primary N) is 1. The molecule has 2 heterocycles. The number of benzene rings is 1. The van der Waals surface area contributed by atoms with Gasteiger partial charge in [0.15, 0.2) is 0 Å². The molecule has 1 aromatic heterocycles. The van der Waals surface area contributed by atoms with E-state index in [1.54, 1.807) is 19.2 Å². The summed E-state index contributed by atoms with van der Waals surface area (Å²) in [6.45, 7) is 0.802. The zero-order valence-corrected chi connectivity index (χ0v) is 11.7. The van der Waals surface area contributed by atoms with E-state index in [2.05, 4.69) is 10.4 Å². The lowest BCUT2D eigenvalue weighted by Gasteiger charge is -2.07. The van der Waals surface area contributed by atoms with Gasteiger partial charge in [-0.2, -0.15) is 9.78 Å². The van der Waals surface area contributed by atoms with Crippen molar-refractivity contribution < 1.29 is 4.74 Å². The first-order valence-corrected chi connectivity index (χ1v) is 6.53. The molecule has 1 aromatic carbocycles. The molecule has 3 rings (SSSR count). The molecule has 7 heteroatoms. The molecule has 0 saturated heterocycles. The number of nitrogen functional groups attached to an aromatic ring is 1. The molecule has 1 aliphatic rings. The fourth-order valence-electron chi connectivity index (χ4n) is 2.43. The fraction of sp³-hybridized carbons (Fsp3) is 0.231. The first-order valence-electron chi connectivity index (χ1n) is 6.16. The van der Waals surface area contributed by atoms with E-state index in [9.17, 15) is 0 Å². The van der Waals surface area contributed by atoms with Crippen molar-refractivity contribution in [1.29, 1.82) is 5.41 Å². The minimum absolute atomic E-state index is 0.122. The highest BCUT2D eigenvalue weighted by Crippen LogP contribution is 2.38. The molecule has 4 N–H and O–H groups in total. The van der Waals surface area contributed by atoms with E-state index < -0.39 is 0 Å². The summed E-state index contributed by atoms with van der Waals surface area (Å²) in [6.07, 6.45) is 0.827. The number of ether oxygens (including phenoxy) is 1. The van der Waals surface area contributed by atoms with Crippen LogP contribution in [0.2, 0.25) is 5.02 Å². The molecular formula is C13H14ClN5O.